The number of aromatic nitrogens is 5. The van der Waals surface area contributed by atoms with Gasteiger partial charge in [-0.05, 0) is 12.5 Å². The summed E-state index contributed by atoms with van der Waals surface area (Å²) < 4.78 is 8.83. The van der Waals surface area contributed by atoms with E-state index in [1.165, 1.54) is 0 Å². The summed E-state index contributed by atoms with van der Waals surface area (Å²) in [5.41, 5.74) is 1.95. The van der Waals surface area contributed by atoms with Crippen LogP contribution in [0.15, 0.2) is 35.6 Å². The Morgan fingerprint density at radius 1 is 1.35 bits per heavy atom. The molecule has 1 fully saturated rings. The lowest BCUT2D eigenvalue weighted by atomic mass is 10.2. The smallest absolute Gasteiger partial charge is 0.274 e. The van der Waals surface area contributed by atoms with Gasteiger partial charge in [-0.15, -0.1) is 0 Å². The third-order valence-electron chi connectivity index (χ3n) is 3.59. The molecule has 3 aromatic heterocycles. The van der Waals surface area contributed by atoms with E-state index in [1.807, 2.05) is 10.9 Å². The van der Waals surface area contributed by atoms with E-state index >= 15 is 0 Å². The standard InChI is InChI=1S/C13H13N5O2/c19-13-12-1-3-14-18(12)7-11(16-13)9-5-15-17(6-9)10-2-4-20-8-10/h1,3,5-7,10H,2,4,8H2,(H,16,19)/t10-/m1/s1. The van der Waals surface area contributed by atoms with Crippen molar-refractivity contribution in [1.82, 2.24) is 24.4 Å². The first-order valence-electron chi connectivity index (χ1n) is 6.50. The Bertz CT molecular complexity index is 809. The lowest BCUT2D eigenvalue weighted by Gasteiger charge is -2.06. The Morgan fingerprint density at radius 2 is 2.30 bits per heavy atom. The SMILES string of the molecule is O=c1[nH]c(-c2cnn([C@@H]3CCOC3)c2)cn2nccc12. The number of nitrogens with one attached hydrogen (secondary N) is 1. The average Bonchev–Trinajstić information content (AvgIpc) is 3.19. The van der Waals surface area contributed by atoms with Crippen LogP contribution in [0, 0.1) is 0 Å². The summed E-state index contributed by atoms with van der Waals surface area (Å²) in [5, 5.41) is 8.46. The van der Waals surface area contributed by atoms with Crippen molar-refractivity contribution in [3.8, 4) is 11.3 Å². The van der Waals surface area contributed by atoms with E-state index < -0.39 is 0 Å². The fraction of sp³-hybridized carbons (Fsp3) is 0.308. The molecule has 4 rings (SSSR count). The highest BCUT2D eigenvalue weighted by Gasteiger charge is 2.18. The Hall–Kier alpha value is -2.41. The summed E-state index contributed by atoms with van der Waals surface area (Å²) in [5.74, 6) is 0. The second kappa shape index (κ2) is 4.31. The van der Waals surface area contributed by atoms with Crippen molar-refractivity contribution in [2.24, 2.45) is 0 Å². The zero-order valence-corrected chi connectivity index (χ0v) is 10.7. The topological polar surface area (TPSA) is 77.2 Å². The number of hydrogen-bond acceptors (Lipinski definition) is 4. The molecule has 0 aromatic carbocycles. The van der Waals surface area contributed by atoms with E-state index in [-0.39, 0.29) is 11.6 Å². The zero-order chi connectivity index (χ0) is 13.5. The highest BCUT2D eigenvalue weighted by Crippen LogP contribution is 2.21. The molecule has 0 amide bonds. The van der Waals surface area contributed by atoms with Gasteiger partial charge in [-0.3, -0.25) is 9.48 Å². The van der Waals surface area contributed by atoms with Crippen molar-refractivity contribution in [2.45, 2.75) is 12.5 Å². The minimum absolute atomic E-state index is 0.156. The zero-order valence-electron chi connectivity index (χ0n) is 10.7. The Balaban J connectivity index is 1.76. The number of fused-ring (bicyclic) bond motifs is 1. The van der Waals surface area contributed by atoms with E-state index in [9.17, 15) is 4.79 Å². The maximum absolute atomic E-state index is 11.9. The highest BCUT2D eigenvalue weighted by atomic mass is 16.5. The summed E-state index contributed by atoms with van der Waals surface area (Å²) in [6.07, 6.45) is 8.05. The molecule has 7 heteroatoms. The molecule has 0 bridgehead atoms. The van der Waals surface area contributed by atoms with Gasteiger partial charge in [-0.1, -0.05) is 0 Å². The maximum Gasteiger partial charge on any atom is 0.274 e. The second-order valence-corrected chi connectivity index (χ2v) is 4.88. The molecule has 3 aromatic rings. The molecular formula is C13H13N5O2. The van der Waals surface area contributed by atoms with E-state index in [0.29, 0.717) is 17.8 Å². The summed E-state index contributed by atoms with van der Waals surface area (Å²) in [7, 11) is 0. The normalized spacial score (nSPS) is 18.9. The second-order valence-electron chi connectivity index (χ2n) is 4.88. The molecule has 1 aliphatic heterocycles. The minimum atomic E-state index is -0.156. The summed E-state index contributed by atoms with van der Waals surface area (Å²) in [6, 6.07) is 1.96. The third kappa shape index (κ3) is 1.75. The van der Waals surface area contributed by atoms with Crippen LogP contribution in [0.4, 0.5) is 0 Å². The van der Waals surface area contributed by atoms with Gasteiger partial charge in [0, 0.05) is 18.4 Å². The Kier molecular flexibility index (Phi) is 2.46. The van der Waals surface area contributed by atoms with Crippen molar-refractivity contribution >= 4 is 5.52 Å². The number of ether oxygens (including phenoxy) is 1. The largest absolute Gasteiger partial charge is 0.379 e. The Labute approximate surface area is 113 Å². The first-order valence-corrected chi connectivity index (χ1v) is 6.50. The molecular weight excluding hydrogens is 258 g/mol. The maximum atomic E-state index is 11.9. The number of aromatic amines is 1. The van der Waals surface area contributed by atoms with Crippen LogP contribution in [0.25, 0.3) is 16.8 Å². The van der Waals surface area contributed by atoms with Gasteiger partial charge in [-0.2, -0.15) is 10.2 Å². The first-order chi connectivity index (χ1) is 9.81. The molecule has 20 heavy (non-hydrogen) atoms. The molecule has 4 heterocycles. The molecule has 7 nitrogen and oxygen atoms in total. The molecule has 102 valence electrons. The van der Waals surface area contributed by atoms with Crippen LogP contribution in [0.5, 0.6) is 0 Å². The first kappa shape index (κ1) is 11.4. The molecule has 1 N–H and O–H groups in total. The monoisotopic (exact) mass is 271 g/mol. The van der Waals surface area contributed by atoms with Crippen LogP contribution in [-0.4, -0.2) is 37.6 Å². The van der Waals surface area contributed by atoms with Crippen LogP contribution in [0.2, 0.25) is 0 Å². The van der Waals surface area contributed by atoms with Crippen LogP contribution in [0.1, 0.15) is 12.5 Å². The fourth-order valence-electron chi connectivity index (χ4n) is 2.49. The van der Waals surface area contributed by atoms with Crippen molar-refractivity contribution < 1.29 is 4.74 Å². The molecule has 0 spiro atoms. The van der Waals surface area contributed by atoms with Gasteiger partial charge in [-0.25, -0.2) is 4.52 Å². The molecule has 0 unspecified atom stereocenters. The van der Waals surface area contributed by atoms with Crippen molar-refractivity contribution in [3.05, 3.63) is 41.2 Å². The van der Waals surface area contributed by atoms with Gasteiger partial charge < -0.3 is 9.72 Å². The molecule has 0 saturated carbocycles. The predicted octanol–water partition coefficient (Wildman–Crippen LogP) is 0.847. The van der Waals surface area contributed by atoms with Crippen molar-refractivity contribution in [2.75, 3.05) is 13.2 Å². The highest BCUT2D eigenvalue weighted by molar-refractivity contribution is 5.58. The number of H-pyrrole nitrogens is 1. The molecule has 0 radical (unpaired) electrons. The average molecular weight is 271 g/mol. The van der Waals surface area contributed by atoms with Gasteiger partial charge in [0.1, 0.15) is 5.52 Å². The Morgan fingerprint density at radius 3 is 3.15 bits per heavy atom. The fourth-order valence-corrected chi connectivity index (χ4v) is 2.49. The van der Waals surface area contributed by atoms with Crippen LogP contribution >= 0.6 is 0 Å². The molecule has 0 aliphatic carbocycles. The summed E-state index contributed by atoms with van der Waals surface area (Å²) in [6.45, 7) is 1.46. The van der Waals surface area contributed by atoms with E-state index in [0.717, 1.165) is 18.6 Å². The quantitative estimate of drug-likeness (QED) is 0.749. The molecule has 1 saturated heterocycles. The molecule has 1 aliphatic rings. The van der Waals surface area contributed by atoms with E-state index in [2.05, 4.69) is 15.2 Å². The number of nitrogens with zero attached hydrogens (tertiary/aromatic N) is 4. The predicted molar refractivity (Wildman–Crippen MR) is 71.5 cm³/mol. The van der Waals surface area contributed by atoms with Crippen LogP contribution < -0.4 is 5.56 Å². The molecule has 1 atom stereocenters. The van der Waals surface area contributed by atoms with Crippen LogP contribution in [0.3, 0.4) is 0 Å². The summed E-state index contributed by atoms with van der Waals surface area (Å²) >= 11 is 0. The minimum Gasteiger partial charge on any atom is -0.379 e. The van der Waals surface area contributed by atoms with Gasteiger partial charge in [0.05, 0.1) is 36.9 Å². The van der Waals surface area contributed by atoms with Gasteiger partial charge >= 0.3 is 0 Å². The van der Waals surface area contributed by atoms with Crippen molar-refractivity contribution in [1.29, 1.82) is 0 Å². The van der Waals surface area contributed by atoms with Gasteiger partial charge in [0.25, 0.3) is 5.56 Å². The van der Waals surface area contributed by atoms with E-state index in [1.54, 1.807) is 29.2 Å². The number of rotatable bonds is 2. The number of hydrogen-bond donors (Lipinski definition) is 1. The summed E-state index contributed by atoms with van der Waals surface area (Å²) in [4.78, 5) is 14.8. The van der Waals surface area contributed by atoms with Crippen molar-refractivity contribution in [3.63, 3.8) is 0 Å². The van der Waals surface area contributed by atoms with Crippen LogP contribution in [-0.2, 0) is 4.74 Å². The van der Waals surface area contributed by atoms with E-state index in [4.69, 9.17) is 4.74 Å². The lowest BCUT2D eigenvalue weighted by molar-refractivity contribution is 0.184. The van der Waals surface area contributed by atoms with Gasteiger partial charge in [0.15, 0.2) is 0 Å². The lowest BCUT2D eigenvalue weighted by Crippen LogP contribution is -2.11. The third-order valence-corrected chi connectivity index (χ3v) is 3.59. The van der Waals surface area contributed by atoms with Gasteiger partial charge in [0.2, 0.25) is 0 Å².